The third kappa shape index (κ3) is 3.81. The van der Waals surface area contributed by atoms with Gasteiger partial charge in [0.2, 0.25) is 0 Å². The summed E-state index contributed by atoms with van der Waals surface area (Å²) in [5, 5.41) is 14.1. The monoisotopic (exact) mass is 495 g/mol. The average molecular weight is 496 g/mol. The van der Waals surface area contributed by atoms with Crippen molar-refractivity contribution >= 4 is 23.0 Å². The van der Waals surface area contributed by atoms with E-state index in [-0.39, 0.29) is 48.4 Å². The molecule has 3 aromatic rings. The molecule has 2 aromatic heterocycles. The van der Waals surface area contributed by atoms with Crippen LogP contribution in [0.5, 0.6) is 0 Å². The molecule has 0 saturated heterocycles. The normalized spacial score (nSPS) is 18.3. The van der Waals surface area contributed by atoms with E-state index in [1.54, 1.807) is 45.9 Å². The number of fused-ring (bicyclic) bond motifs is 5. The minimum Gasteiger partial charge on any atom is -0.458 e. The van der Waals surface area contributed by atoms with Crippen LogP contribution in [0.25, 0.3) is 22.3 Å². The Bertz CT molecular complexity index is 1510. The van der Waals surface area contributed by atoms with Crippen molar-refractivity contribution in [3.8, 4) is 11.4 Å². The number of carbonyl (C=O) groups is 2. The van der Waals surface area contributed by atoms with Crippen LogP contribution < -0.4 is 10.9 Å². The molecule has 2 aliphatic rings. The summed E-state index contributed by atoms with van der Waals surface area (Å²) in [5.74, 6) is -1.30. The molecule has 0 radical (unpaired) electrons. The Hall–Kier alpha value is -3.79. The number of carbonyl (C=O) groups excluding carboxylic acids is 2. The summed E-state index contributed by atoms with van der Waals surface area (Å²) < 4.78 is 26.6. The summed E-state index contributed by atoms with van der Waals surface area (Å²) in [5.41, 5.74) is -0.0942. The molecular weight excluding hydrogens is 469 g/mol. The highest BCUT2D eigenvalue weighted by atomic mass is 19.1. The quantitative estimate of drug-likeness (QED) is 0.419. The van der Waals surface area contributed by atoms with Crippen LogP contribution in [0.2, 0.25) is 0 Å². The van der Waals surface area contributed by atoms with Crippen LogP contribution in [-0.2, 0) is 39.6 Å². The number of pyridine rings is 2. The summed E-state index contributed by atoms with van der Waals surface area (Å²) in [7, 11) is 0. The van der Waals surface area contributed by atoms with E-state index in [1.165, 1.54) is 10.6 Å². The number of amides is 1. The fraction of sp³-hybridized carbons (Fsp3) is 0.385. The van der Waals surface area contributed by atoms with Gasteiger partial charge >= 0.3 is 12.1 Å². The van der Waals surface area contributed by atoms with Gasteiger partial charge in [0.1, 0.15) is 18.0 Å². The van der Waals surface area contributed by atoms with Crippen molar-refractivity contribution in [1.82, 2.24) is 14.9 Å². The standard InChI is InChI=1S/C26H26FN3O6/c1-5-26(34)17-9-20-21-15(11-30(20)22(31)16(17)12-35-23(26)32)6-13-7-18(27)14(8-19(13)29-21)10-28-24(33)36-25(2,3)4/h6-9,34H,5,10-12H2,1-4H3,(H,28,33)/t26-/m0/s1. The van der Waals surface area contributed by atoms with Gasteiger partial charge in [-0.05, 0) is 51.5 Å². The minimum absolute atomic E-state index is 0.0486. The van der Waals surface area contributed by atoms with Gasteiger partial charge in [0.15, 0.2) is 5.60 Å². The van der Waals surface area contributed by atoms with Gasteiger partial charge in [-0.1, -0.05) is 6.92 Å². The van der Waals surface area contributed by atoms with Gasteiger partial charge < -0.3 is 24.5 Å². The summed E-state index contributed by atoms with van der Waals surface area (Å²) in [6.07, 6.45) is -0.614. The second-order valence-corrected chi connectivity index (χ2v) is 10.1. The van der Waals surface area contributed by atoms with Gasteiger partial charge in [-0.25, -0.2) is 19.0 Å². The number of ether oxygens (including phenoxy) is 2. The van der Waals surface area contributed by atoms with E-state index in [0.717, 1.165) is 0 Å². The maximum Gasteiger partial charge on any atom is 0.407 e. The number of aliphatic hydroxyl groups is 1. The molecule has 0 saturated carbocycles. The van der Waals surface area contributed by atoms with Gasteiger partial charge in [-0.2, -0.15) is 0 Å². The van der Waals surface area contributed by atoms with Crippen LogP contribution in [0.15, 0.2) is 29.1 Å². The molecule has 2 N–H and O–H groups in total. The van der Waals surface area contributed by atoms with E-state index in [0.29, 0.717) is 27.9 Å². The minimum atomic E-state index is -1.91. The van der Waals surface area contributed by atoms with Crippen LogP contribution in [0, 0.1) is 5.82 Å². The molecule has 10 heteroatoms. The summed E-state index contributed by atoms with van der Waals surface area (Å²) >= 11 is 0. The molecular formula is C26H26FN3O6. The molecule has 1 atom stereocenters. The number of cyclic esters (lactones) is 1. The van der Waals surface area contributed by atoms with E-state index < -0.39 is 29.1 Å². The van der Waals surface area contributed by atoms with Crippen LogP contribution in [0.1, 0.15) is 56.4 Å². The van der Waals surface area contributed by atoms with Crippen molar-refractivity contribution in [2.75, 3.05) is 0 Å². The second-order valence-electron chi connectivity index (χ2n) is 10.1. The second kappa shape index (κ2) is 8.12. The molecule has 188 valence electrons. The smallest absolute Gasteiger partial charge is 0.407 e. The SMILES string of the molecule is CC[C@@]1(O)C(=O)OCc2c1cc1n(c2=O)Cc2cc3cc(F)c(CNC(=O)OC(C)(C)C)cc3nc2-1. The average Bonchev–Trinajstić information content (AvgIpc) is 3.15. The highest BCUT2D eigenvalue weighted by molar-refractivity contribution is 5.86. The number of halogens is 1. The first kappa shape index (κ1) is 23.9. The molecule has 5 rings (SSSR count). The lowest BCUT2D eigenvalue weighted by Gasteiger charge is -2.31. The lowest BCUT2D eigenvalue weighted by Crippen LogP contribution is -2.44. The van der Waals surface area contributed by atoms with Crippen LogP contribution in [-0.4, -0.2) is 32.3 Å². The Kier molecular flexibility index (Phi) is 5.40. The summed E-state index contributed by atoms with van der Waals surface area (Å²) in [6.45, 7) is 6.77. The maximum atomic E-state index is 14.8. The fourth-order valence-corrected chi connectivity index (χ4v) is 4.66. The molecule has 0 fully saturated rings. The lowest BCUT2D eigenvalue weighted by molar-refractivity contribution is -0.172. The number of hydrogen-bond donors (Lipinski definition) is 2. The molecule has 0 unspecified atom stereocenters. The summed E-state index contributed by atoms with van der Waals surface area (Å²) in [6, 6.07) is 6.28. The Balaban J connectivity index is 1.56. The molecule has 1 aromatic carbocycles. The van der Waals surface area contributed by atoms with Crippen LogP contribution >= 0.6 is 0 Å². The van der Waals surface area contributed by atoms with E-state index in [9.17, 15) is 23.9 Å². The van der Waals surface area contributed by atoms with Crippen molar-refractivity contribution in [3.05, 3.63) is 62.7 Å². The van der Waals surface area contributed by atoms with Gasteiger partial charge in [-0.3, -0.25) is 4.79 Å². The predicted molar refractivity (Wildman–Crippen MR) is 128 cm³/mol. The largest absolute Gasteiger partial charge is 0.458 e. The van der Waals surface area contributed by atoms with Crippen molar-refractivity contribution < 1.29 is 28.6 Å². The molecule has 4 heterocycles. The molecule has 0 bridgehead atoms. The predicted octanol–water partition coefficient (Wildman–Crippen LogP) is 3.24. The Morgan fingerprint density at radius 3 is 2.72 bits per heavy atom. The Labute approximate surface area is 205 Å². The lowest BCUT2D eigenvalue weighted by atomic mass is 9.86. The topological polar surface area (TPSA) is 120 Å². The first-order valence-corrected chi connectivity index (χ1v) is 11.7. The number of nitrogens with one attached hydrogen (secondary N) is 1. The Morgan fingerprint density at radius 2 is 2.03 bits per heavy atom. The van der Waals surface area contributed by atoms with E-state index in [4.69, 9.17) is 14.5 Å². The molecule has 1 amide bonds. The first-order chi connectivity index (χ1) is 16.9. The zero-order valence-electron chi connectivity index (χ0n) is 20.4. The van der Waals surface area contributed by atoms with E-state index >= 15 is 0 Å². The zero-order chi connectivity index (χ0) is 26.0. The summed E-state index contributed by atoms with van der Waals surface area (Å²) in [4.78, 5) is 42.3. The molecule has 2 aliphatic heterocycles. The van der Waals surface area contributed by atoms with Crippen LogP contribution in [0.4, 0.5) is 9.18 Å². The van der Waals surface area contributed by atoms with Crippen molar-refractivity contribution in [2.45, 2.75) is 65.0 Å². The zero-order valence-corrected chi connectivity index (χ0v) is 20.4. The van der Waals surface area contributed by atoms with Gasteiger partial charge in [-0.15, -0.1) is 0 Å². The fourth-order valence-electron chi connectivity index (χ4n) is 4.66. The number of benzene rings is 1. The van der Waals surface area contributed by atoms with Gasteiger partial charge in [0.05, 0.1) is 29.0 Å². The number of aromatic nitrogens is 2. The number of esters is 1. The molecule has 9 nitrogen and oxygen atoms in total. The van der Waals surface area contributed by atoms with Crippen molar-refractivity contribution in [2.24, 2.45) is 0 Å². The third-order valence-electron chi connectivity index (χ3n) is 6.50. The highest BCUT2D eigenvalue weighted by Gasteiger charge is 2.45. The highest BCUT2D eigenvalue weighted by Crippen LogP contribution is 2.38. The van der Waals surface area contributed by atoms with Crippen LogP contribution in [0.3, 0.4) is 0 Å². The van der Waals surface area contributed by atoms with Gasteiger partial charge in [0.25, 0.3) is 5.56 Å². The third-order valence-corrected chi connectivity index (χ3v) is 6.50. The van der Waals surface area contributed by atoms with E-state index in [2.05, 4.69) is 5.32 Å². The number of hydrogen-bond acceptors (Lipinski definition) is 7. The Morgan fingerprint density at radius 1 is 1.28 bits per heavy atom. The molecule has 0 aliphatic carbocycles. The molecule has 0 spiro atoms. The van der Waals surface area contributed by atoms with Gasteiger partial charge in [0, 0.05) is 28.6 Å². The number of alkyl carbamates (subject to hydrolysis) is 1. The maximum absolute atomic E-state index is 14.8. The number of nitrogens with zero attached hydrogens (tertiary/aromatic N) is 2. The van der Waals surface area contributed by atoms with E-state index in [1.807, 2.05) is 0 Å². The number of rotatable bonds is 3. The first-order valence-electron chi connectivity index (χ1n) is 11.7. The van der Waals surface area contributed by atoms with Crippen molar-refractivity contribution in [3.63, 3.8) is 0 Å². The van der Waals surface area contributed by atoms with Crippen molar-refractivity contribution in [1.29, 1.82) is 0 Å². The molecule has 36 heavy (non-hydrogen) atoms.